The average molecular weight is 429 g/mol. The van der Waals surface area contributed by atoms with E-state index in [2.05, 4.69) is 87.4 Å². The van der Waals surface area contributed by atoms with Gasteiger partial charge in [-0.1, -0.05) is 52.8 Å². The second kappa shape index (κ2) is 8.37. The molecule has 1 unspecified atom stereocenters. The molecule has 112 valence electrons. The summed E-state index contributed by atoms with van der Waals surface area (Å²) >= 11 is 9.01. The third kappa shape index (κ3) is 4.85. The minimum Gasteiger partial charge on any atom is -0.310 e. The van der Waals surface area contributed by atoms with Gasteiger partial charge in [0.05, 0.1) is 0 Å². The van der Waals surface area contributed by atoms with Crippen LogP contribution in [0.2, 0.25) is 0 Å². The Bertz CT molecular complexity index is 601. The quantitative estimate of drug-likeness (QED) is 0.569. The van der Waals surface area contributed by atoms with Gasteiger partial charge in [0.15, 0.2) is 0 Å². The Kier molecular flexibility index (Phi) is 6.80. The Labute approximate surface area is 148 Å². The first-order valence-electron chi connectivity index (χ1n) is 7.07. The third-order valence-electron chi connectivity index (χ3n) is 3.20. The molecule has 1 N–H and O–H groups in total. The molecule has 4 heteroatoms. The zero-order valence-corrected chi connectivity index (χ0v) is 16.2. The average Bonchev–Trinajstić information content (AvgIpc) is 2.47. The summed E-state index contributed by atoms with van der Waals surface area (Å²) in [5.41, 5.74) is 1.34. The van der Waals surface area contributed by atoms with Crippen molar-refractivity contribution >= 4 is 43.6 Å². The Morgan fingerprint density at radius 3 is 2.57 bits per heavy atom. The molecule has 21 heavy (non-hydrogen) atoms. The van der Waals surface area contributed by atoms with E-state index >= 15 is 0 Å². The van der Waals surface area contributed by atoms with Crippen LogP contribution in [0.4, 0.5) is 0 Å². The maximum atomic E-state index is 3.63. The second-order valence-corrected chi connectivity index (χ2v) is 7.74. The lowest BCUT2D eigenvalue weighted by Gasteiger charge is -2.18. The molecule has 0 aliphatic carbocycles. The first kappa shape index (κ1) is 17.1. The van der Waals surface area contributed by atoms with Crippen molar-refractivity contribution in [2.45, 2.75) is 36.1 Å². The van der Waals surface area contributed by atoms with Crippen molar-refractivity contribution in [3.63, 3.8) is 0 Å². The van der Waals surface area contributed by atoms with Crippen molar-refractivity contribution < 1.29 is 0 Å². The van der Waals surface area contributed by atoms with Crippen molar-refractivity contribution in [3.8, 4) is 0 Å². The highest BCUT2D eigenvalue weighted by Gasteiger charge is 2.12. The van der Waals surface area contributed by atoms with Crippen LogP contribution in [0.3, 0.4) is 0 Å². The fraction of sp³-hybridized carbons (Fsp3) is 0.294. The molecule has 0 spiro atoms. The summed E-state index contributed by atoms with van der Waals surface area (Å²) < 4.78 is 2.25. The van der Waals surface area contributed by atoms with Crippen LogP contribution in [0.5, 0.6) is 0 Å². The first-order chi connectivity index (χ1) is 10.1. The molecule has 0 aliphatic rings. The van der Waals surface area contributed by atoms with Gasteiger partial charge in [-0.05, 0) is 65.6 Å². The molecule has 2 aromatic carbocycles. The van der Waals surface area contributed by atoms with Crippen LogP contribution in [-0.2, 0) is 0 Å². The van der Waals surface area contributed by atoms with Gasteiger partial charge in [0.2, 0.25) is 0 Å². The second-order valence-electron chi connectivity index (χ2n) is 4.89. The van der Waals surface area contributed by atoms with Gasteiger partial charge in [-0.2, -0.15) is 0 Å². The highest BCUT2D eigenvalue weighted by atomic mass is 79.9. The third-order valence-corrected chi connectivity index (χ3v) is 5.80. The summed E-state index contributed by atoms with van der Waals surface area (Å²) in [7, 11) is 0. The van der Waals surface area contributed by atoms with Crippen LogP contribution in [0, 0.1) is 0 Å². The van der Waals surface area contributed by atoms with Crippen LogP contribution in [-0.4, -0.2) is 6.54 Å². The summed E-state index contributed by atoms with van der Waals surface area (Å²) in [6, 6.07) is 15.2. The summed E-state index contributed by atoms with van der Waals surface area (Å²) in [5.74, 6) is 0. The minimum atomic E-state index is 0.350. The molecule has 0 saturated carbocycles. The summed E-state index contributed by atoms with van der Waals surface area (Å²) in [6.07, 6.45) is 1.15. The van der Waals surface area contributed by atoms with Gasteiger partial charge in [-0.15, -0.1) is 0 Å². The van der Waals surface area contributed by atoms with Crippen molar-refractivity contribution in [1.29, 1.82) is 0 Å². The maximum absolute atomic E-state index is 3.63. The number of hydrogen-bond donors (Lipinski definition) is 1. The molecule has 0 aromatic heterocycles. The predicted molar refractivity (Wildman–Crippen MR) is 99.1 cm³/mol. The Hall–Kier alpha value is -0.290. The predicted octanol–water partition coefficient (Wildman–Crippen LogP) is 6.42. The minimum absolute atomic E-state index is 0.350. The zero-order chi connectivity index (χ0) is 15.2. The highest BCUT2D eigenvalue weighted by molar-refractivity contribution is 9.10. The molecule has 0 radical (unpaired) electrons. The number of benzene rings is 2. The molecule has 0 fully saturated rings. The van der Waals surface area contributed by atoms with Gasteiger partial charge in [0, 0.05) is 24.8 Å². The molecular formula is C17H19Br2NS. The topological polar surface area (TPSA) is 12.0 Å². The summed E-state index contributed by atoms with van der Waals surface area (Å²) in [5, 5.41) is 3.57. The molecular weight excluding hydrogens is 410 g/mol. The SMILES string of the molecule is CCCNC(C)c1ccc(Br)cc1Sc1ccccc1Br. The molecule has 0 amide bonds. The van der Waals surface area contributed by atoms with E-state index in [4.69, 9.17) is 0 Å². The van der Waals surface area contributed by atoms with Gasteiger partial charge < -0.3 is 5.32 Å². The van der Waals surface area contributed by atoms with Gasteiger partial charge in [0.1, 0.15) is 0 Å². The molecule has 2 rings (SSSR count). The van der Waals surface area contributed by atoms with Gasteiger partial charge in [-0.3, -0.25) is 0 Å². The fourth-order valence-corrected chi connectivity index (χ4v) is 4.21. The van der Waals surface area contributed by atoms with E-state index in [0.29, 0.717) is 6.04 Å². The fourth-order valence-electron chi connectivity index (χ4n) is 2.07. The number of rotatable bonds is 6. The Morgan fingerprint density at radius 1 is 1.10 bits per heavy atom. The van der Waals surface area contributed by atoms with E-state index in [1.165, 1.54) is 15.4 Å². The monoisotopic (exact) mass is 427 g/mol. The lowest BCUT2D eigenvalue weighted by Crippen LogP contribution is -2.19. The Morgan fingerprint density at radius 2 is 1.86 bits per heavy atom. The zero-order valence-electron chi connectivity index (χ0n) is 12.2. The smallest absolute Gasteiger partial charge is 0.0314 e. The summed E-state index contributed by atoms with van der Waals surface area (Å²) in [4.78, 5) is 2.52. The van der Waals surface area contributed by atoms with E-state index in [1.54, 1.807) is 11.8 Å². The normalized spacial score (nSPS) is 12.4. The molecule has 0 aliphatic heterocycles. The standard InChI is InChI=1S/C17H19Br2NS/c1-3-10-20-12(2)14-9-8-13(18)11-17(14)21-16-7-5-4-6-15(16)19/h4-9,11-12,20H,3,10H2,1-2H3. The number of hydrogen-bond acceptors (Lipinski definition) is 2. The van der Waals surface area contributed by atoms with Crippen LogP contribution in [0.15, 0.2) is 61.2 Å². The molecule has 1 nitrogen and oxygen atoms in total. The highest BCUT2D eigenvalue weighted by Crippen LogP contribution is 2.38. The first-order valence-corrected chi connectivity index (χ1v) is 9.47. The molecule has 2 aromatic rings. The maximum Gasteiger partial charge on any atom is 0.0314 e. The van der Waals surface area contributed by atoms with E-state index in [9.17, 15) is 0 Å². The largest absolute Gasteiger partial charge is 0.310 e. The van der Waals surface area contributed by atoms with E-state index in [1.807, 2.05) is 6.07 Å². The van der Waals surface area contributed by atoms with Crippen molar-refractivity contribution in [3.05, 3.63) is 57.0 Å². The van der Waals surface area contributed by atoms with Crippen LogP contribution >= 0.6 is 43.6 Å². The van der Waals surface area contributed by atoms with Gasteiger partial charge in [0.25, 0.3) is 0 Å². The summed E-state index contributed by atoms with van der Waals surface area (Å²) in [6.45, 7) is 5.46. The molecule has 0 bridgehead atoms. The van der Waals surface area contributed by atoms with Crippen molar-refractivity contribution in [1.82, 2.24) is 5.32 Å². The molecule has 1 atom stereocenters. The number of halogens is 2. The molecule has 0 saturated heterocycles. The van der Waals surface area contributed by atoms with Crippen LogP contribution in [0.25, 0.3) is 0 Å². The van der Waals surface area contributed by atoms with Crippen molar-refractivity contribution in [2.75, 3.05) is 6.54 Å². The van der Waals surface area contributed by atoms with Crippen molar-refractivity contribution in [2.24, 2.45) is 0 Å². The Balaban J connectivity index is 2.29. The molecule has 0 heterocycles. The number of nitrogens with one attached hydrogen (secondary N) is 1. The lowest BCUT2D eigenvalue weighted by atomic mass is 10.1. The lowest BCUT2D eigenvalue weighted by molar-refractivity contribution is 0.563. The van der Waals surface area contributed by atoms with Crippen LogP contribution < -0.4 is 5.32 Å². The van der Waals surface area contributed by atoms with E-state index in [0.717, 1.165) is 21.9 Å². The van der Waals surface area contributed by atoms with Gasteiger partial charge in [-0.25, -0.2) is 0 Å². The van der Waals surface area contributed by atoms with Crippen LogP contribution in [0.1, 0.15) is 31.9 Å². The van der Waals surface area contributed by atoms with Gasteiger partial charge >= 0.3 is 0 Å². The van der Waals surface area contributed by atoms with E-state index in [-0.39, 0.29) is 0 Å². The van der Waals surface area contributed by atoms with E-state index < -0.39 is 0 Å².